The Morgan fingerprint density at radius 3 is 2.95 bits per heavy atom. The van der Waals surface area contributed by atoms with Gasteiger partial charge in [0.1, 0.15) is 4.88 Å². The Labute approximate surface area is 134 Å². The Hall–Kier alpha value is -0.980. The van der Waals surface area contributed by atoms with Gasteiger partial charge in [0.2, 0.25) is 0 Å². The third-order valence-electron chi connectivity index (χ3n) is 5.51. The van der Waals surface area contributed by atoms with Crippen LogP contribution in [0.4, 0.5) is 0 Å². The second kappa shape index (κ2) is 5.58. The SMILES string of the molecule is O=C(c1cnc(C2CCOC2)s1)N1CCC(O)C12CCCC2. The molecule has 1 amide bonds. The summed E-state index contributed by atoms with van der Waals surface area (Å²) in [6.07, 6.45) is 7.12. The maximum Gasteiger partial charge on any atom is 0.266 e. The van der Waals surface area contributed by atoms with Crippen LogP contribution in [0.25, 0.3) is 0 Å². The van der Waals surface area contributed by atoms with E-state index in [0.29, 0.717) is 30.4 Å². The Bertz CT molecular complexity index is 561. The highest BCUT2D eigenvalue weighted by Crippen LogP contribution is 2.44. The molecule has 1 N–H and O–H groups in total. The van der Waals surface area contributed by atoms with Gasteiger partial charge in [-0.2, -0.15) is 0 Å². The first-order chi connectivity index (χ1) is 10.7. The van der Waals surface area contributed by atoms with Crippen molar-refractivity contribution in [2.24, 2.45) is 0 Å². The summed E-state index contributed by atoms with van der Waals surface area (Å²) >= 11 is 1.50. The molecule has 1 saturated carbocycles. The van der Waals surface area contributed by atoms with Crippen molar-refractivity contribution < 1.29 is 14.6 Å². The number of rotatable bonds is 2. The molecule has 0 bridgehead atoms. The number of aliphatic hydroxyl groups is 1. The van der Waals surface area contributed by atoms with Crippen LogP contribution in [0.1, 0.15) is 59.1 Å². The number of aliphatic hydroxyl groups excluding tert-OH is 1. The Morgan fingerprint density at radius 1 is 1.41 bits per heavy atom. The fraction of sp³-hybridized carbons (Fsp3) is 0.750. The first-order valence-electron chi connectivity index (χ1n) is 8.24. The van der Waals surface area contributed by atoms with Crippen LogP contribution < -0.4 is 0 Å². The zero-order chi connectivity index (χ0) is 15.2. The van der Waals surface area contributed by atoms with Gasteiger partial charge in [0.05, 0.1) is 29.5 Å². The van der Waals surface area contributed by atoms with Crippen molar-refractivity contribution in [1.82, 2.24) is 9.88 Å². The van der Waals surface area contributed by atoms with E-state index in [1.807, 2.05) is 4.90 Å². The third kappa shape index (κ3) is 2.20. The van der Waals surface area contributed by atoms with Crippen LogP contribution in [0.15, 0.2) is 6.20 Å². The van der Waals surface area contributed by atoms with Crippen molar-refractivity contribution in [3.05, 3.63) is 16.1 Å². The normalized spacial score (nSPS) is 30.5. The summed E-state index contributed by atoms with van der Waals surface area (Å²) in [7, 11) is 0. The van der Waals surface area contributed by atoms with Gasteiger partial charge in [-0.05, 0) is 25.7 Å². The molecule has 1 aliphatic carbocycles. The van der Waals surface area contributed by atoms with Gasteiger partial charge in [-0.3, -0.25) is 4.79 Å². The second-order valence-electron chi connectivity index (χ2n) is 6.70. The Kier molecular flexibility index (Phi) is 3.71. The predicted molar refractivity (Wildman–Crippen MR) is 83.2 cm³/mol. The summed E-state index contributed by atoms with van der Waals surface area (Å²) in [4.78, 5) is 20.0. The molecule has 120 valence electrons. The van der Waals surface area contributed by atoms with Gasteiger partial charge in [-0.1, -0.05) is 12.8 Å². The first-order valence-corrected chi connectivity index (χ1v) is 9.06. The molecular formula is C16H22N2O3S. The van der Waals surface area contributed by atoms with Crippen LogP contribution in [0.5, 0.6) is 0 Å². The summed E-state index contributed by atoms with van der Waals surface area (Å²) in [6.45, 7) is 2.17. The highest BCUT2D eigenvalue weighted by molar-refractivity contribution is 7.13. The lowest BCUT2D eigenvalue weighted by Crippen LogP contribution is -2.50. The summed E-state index contributed by atoms with van der Waals surface area (Å²) in [5.41, 5.74) is -0.308. The number of amides is 1. The molecule has 1 spiro atoms. The fourth-order valence-electron chi connectivity index (χ4n) is 4.25. The minimum Gasteiger partial charge on any atom is -0.391 e. The number of hydrogen-bond acceptors (Lipinski definition) is 5. The number of hydrogen-bond donors (Lipinski definition) is 1. The maximum absolute atomic E-state index is 12.9. The van der Waals surface area contributed by atoms with Crippen molar-refractivity contribution >= 4 is 17.2 Å². The van der Waals surface area contributed by atoms with E-state index in [9.17, 15) is 9.90 Å². The van der Waals surface area contributed by atoms with E-state index in [4.69, 9.17) is 4.74 Å². The molecule has 3 aliphatic rings. The summed E-state index contributed by atoms with van der Waals surface area (Å²) < 4.78 is 5.41. The quantitative estimate of drug-likeness (QED) is 0.906. The van der Waals surface area contributed by atoms with Gasteiger partial charge in [0.15, 0.2) is 0 Å². The van der Waals surface area contributed by atoms with Gasteiger partial charge in [-0.25, -0.2) is 4.98 Å². The minimum absolute atomic E-state index is 0.0566. The zero-order valence-electron chi connectivity index (χ0n) is 12.7. The number of nitrogens with zero attached hydrogens (tertiary/aromatic N) is 2. The zero-order valence-corrected chi connectivity index (χ0v) is 13.5. The van der Waals surface area contributed by atoms with E-state index < -0.39 is 0 Å². The molecule has 4 rings (SSSR count). The summed E-state index contributed by atoms with van der Waals surface area (Å²) in [5.74, 6) is 0.400. The molecule has 2 atom stereocenters. The molecule has 2 aliphatic heterocycles. The third-order valence-corrected chi connectivity index (χ3v) is 6.66. The molecule has 22 heavy (non-hydrogen) atoms. The number of aromatic nitrogens is 1. The highest BCUT2D eigenvalue weighted by Gasteiger charge is 2.51. The van der Waals surface area contributed by atoms with Crippen LogP contribution in [-0.4, -0.2) is 52.3 Å². The average Bonchev–Trinajstić information content (AvgIpc) is 3.27. The summed E-state index contributed by atoms with van der Waals surface area (Å²) in [5, 5.41) is 11.4. The smallest absolute Gasteiger partial charge is 0.266 e. The molecule has 2 unspecified atom stereocenters. The standard InChI is InChI=1S/C16H22N2O3S/c19-13-3-7-18(16(13)5-1-2-6-16)15(20)12-9-17-14(22-12)11-4-8-21-10-11/h9,11,13,19H,1-8,10H2. The largest absolute Gasteiger partial charge is 0.391 e. The van der Waals surface area contributed by atoms with E-state index in [1.54, 1.807) is 6.20 Å². The molecule has 2 saturated heterocycles. The number of thiazole rings is 1. The highest BCUT2D eigenvalue weighted by atomic mass is 32.1. The molecule has 3 fully saturated rings. The molecule has 1 aromatic heterocycles. The van der Waals surface area contributed by atoms with Gasteiger partial charge in [-0.15, -0.1) is 11.3 Å². The molecule has 0 aromatic carbocycles. The lowest BCUT2D eigenvalue weighted by molar-refractivity contribution is 0.0264. The van der Waals surface area contributed by atoms with Crippen LogP contribution in [-0.2, 0) is 4.74 Å². The van der Waals surface area contributed by atoms with E-state index in [1.165, 1.54) is 11.3 Å². The predicted octanol–water partition coefficient (Wildman–Crippen LogP) is 2.17. The topological polar surface area (TPSA) is 62.7 Å². The van der Waals surface area contributed by atoms with Crippen molar-refractivity contribution in [3.8, 4) is 0 Å². The Balaban J connectivity index is 1.56. The van der Waals surface area contributed by atoms with Crippen molar-refractivity contribution in [3.63, 3.8) is 0 Å². The van der Waals surface area contributed by atoms with Crippen molar-refractivity contribution in [1.29, 1.82) is 0 Å². The van der Waals surface area contributed by atoms with Crippen LogP contribution >= 0.6 is 11.3 Å². The number of ether oxygens (including phenoxy) is 1. The average molecular weight is 322 g/mol. The molecular weight excluding hydrogens is 300 g/mol. The van der Waals surface area contributed by atoms with Crippen molar-refractivity contribution in [2.45, 2.75) is 56.1 Å². The molecule has 0 radical (unpaired) electrons. The second-order valence-corrected chi connectivity index (χ2v) is 7.76. The monoisotopic (exact) mass is 322 g/mol. The summed E-state index contributed by atoms with van der Waals surface area (Å²) in [6, 6.07) is 0. The number of likely N-dealkylation sites (tertiary alicyclic amines) is 1. The van der Waals surface area contributed by atoms with Gasteiger partial charge in [0, 0.05) is 19.1 Å². The van der Waals surface area contributed by atoms with Gasteiger partial charge in [0.25, 0.3) is 5.91 Å². The Morgan fingerprint density at radius 2 is 2.23 bits per heavy atom. The fourth-order valence-corrected chi connectivity index (χ4v) is 5.24. The molecule has 6 heteroatoms. The van der Waals surface area contributed by atoms with E-state index in [0.717, 1.165) is 43.7 Å². The van der Waals surface area contributed by atoms with Gasteiger partial charge < -0.3 is 14.7 Å². The first kappa shape index (κ1) is 14.6. The maximum atomic E-state index is 12.9. The van der Waals surface area contributed by atoms with E-state index in [2.05, 4.69) is 4.98 Å². The molecule has 5 nitrogen and oxygen atoms in total. The number of carbonyl (C=O) groups excluding carboxylic acids is 1. The van der Waals surface area contributed by atoms with E-state index in [-0.39, 0.29) is 17.6 Å². The molecule has 1 aromatic rings. The van der Waals surface area contributed by atoms with Crippen molar-refractivity contribution in [2.75, 3.05) is 19.8 Å². The lowest BCUT2D eigenvalue weighted by Gasteiger charge is -2.37. The van der Waals surface area contributed by atoms with Gasteiger partial charge >= 0.3 is 0 Å². The van der Waals surface area contributed by atoms with Crippen LogP contribution in [0.2, 0.25) is 0 Å². The van der Waals surface area contributed by atoms with E-state index >= 15 is 0 Å². The number of carbonyl (C=O) groups is 1. The lowest BCUT2D eigenvalue weighted by atomic mass is 9.91. The minimum atomic E-state index is -0.366. The molecule has 3 heterocycles. The van der Waals surface area contributed by atoms with Crippen LogP contribution in [0.3, 0.4) is 0 Å². The van der Waals surface area contributed by atoms with Crippen LogP contribution in [0, 0.1) is 0 Å².